The van der Waals surface area contributed by atoms with E-state index in [1.807, 2.05) is 0 Å². The van der Waals surface area contributed by atoms with Crippen LogP contribution in [-0.4, -0.2) is 46.8 Å². The summed E-state index contributed by atoms with van der Waals surface area (Å²) in [6, 6.07) is 4.12. The molecule has 0 saturated heterocycles. The van der Waals surface area contributed by atoms with Gasteiger partial charge in [-0.1, -0.05) is 0 Å². The summed E-state index contributed by atoms with van der Waals surface area (Å²) in [4.78, 5) is 24.0. The number of urea groups is 1. The summed E-state index contributed by atoms with van der Waals surface area (Å²) in [7, 11) is 1.57. The van der Waals surface area contributed by atoms with E-state index in [9.17, 15) is 14.7 Å². The zero-order valence-corrected chi connectivity index (χ0v) is 11.2. The number of carboxylic acids is 1. The lowest BCUT2D eigenvalue weighted by Crippen LogP contribution is -2.36. The highest BCUT2D eigenvalue weighted by Crippen LogP contribution is 2.17. The molecule has 1 atom stereocenters. The number of hydrogen-bond acceptors (Lipinski definition) is 3. The van der Waals surface area contributed by atoms with E-state index in [1.54, 1.807) is 27.0 Å². The van der Waals surface area contributed by atoms with Gasteiger partial charge in [-0.05, 0) is 37.6 Å². The summed E-state index contributed by atoms with van der Waals surface area (Å²) >= 11 is 0. The summed E-state index contributed by atoms with van der Waals surface area (Å²) in [6.45, 7) is 3.53. The van der Waals surface area contributed by atoms with Gasteiger partial charge in [0.2, 0.25) is 0 Å². The molecule has 2 amide bonds. The fourth-order valence-electron chi connectivity index (χ4n) is 1.63. The van der Waals surface area contributed by atoms with E-state index in [2.05, 4.69) is 5.32 Å². The van der Waals surface area contributed by atoms with Gasteiger partial charge in [0.1, 0.15) is 0 Å². The van der Waals surface area contributed by atoms with Crippen molar-refractivity contribution in [2.24, 2.45) is 0 Å². The molecule has 6 nitrogen and oxygen atoms in total. The smallest absolute Gasteiger partial charge is 0.335 e. The van der Waals surface area contributed by atoms with Crippen molar-refractivity contribution in [3.8, 4) is 0 Å². The first-order chi connectivity index (χ1) is 8.81. The number of aliphatic hydroxyl groups excluding tert-OH is 1. The fourth-order valence-corrected chi connectivity index (χ4v) is 1.63. The highest BCUT2D eigenvalue weighted by molar-refractivity contribution is 5.92. The van der Waals surface area contributed by atoms with E-state index >= 15 is 0 Å². The molecule has 0 saturated carbocycles. The highest BCUT2D eigenvalue weighted by atomic mass is 16.4. The number of likely N-dealkylation sites (N-methyl/N-ethyl adjacent to an activating group) is 1. The van der Waals surface area contributed by atoms with Crippen LogP contribution in [0.5, 0.6) is 0 Å². The molecular formula is C13H18N2O4. The van der Waals surface area contributed by atoms with E-state index in [4.69, 9.17) is 5.11 Å². The lowest BCUT2D eigenvalue weighted by Gasteiger charge is -2.20. The van der Waals surface area contributed by atoms with Crippen LogP contribution >= 0.6 is 0 Å². The zero-order chi connectivity index (χ0) is 14.6. The van der Waals surface area contributed by atoms with Crippen LogP contribution < -0.4 is 5.32 Å². The number of hydrogen-bond donors (Lipinski definition) is 3. The average molecular weight is 266 g/mol. The SMILES string of the molecule is Cc1cc(C(=O)O)ccc1NC(=O)N(C)CC(C)O. The number of anilines is 1. The van der Waals surface area contributed by atoms with Crippen molar-refractivity contribution < 1.29 is 19.8 Å². The van der Waals surface area contributed by atoms with Crippen LogP contribution in [0.2, 0.25) is 0 Å². The van der Waals surface area contributed by atoms with Gasteiger partial charge in [0.15, 0.2) is 0 Å². The van der Waals surface area contributed by atoms with E-state index in [-0.39, 0.29) is 18.1 Å². The number of aromatic carboxylic acids is 1. The first-order valence-electron chi connectivity index (χ1n) is 5.85. The third-order valence-electron chi connectivity index (χ3n) is 2.60. The van der Waals surface area contributed by atoms with Gasteiger partial charge in [0.25, 0.3) is 0 Å². The van der Waals surface area contributed by atoms with Crippen LogP contribution in [0, 0.1) is 6.92 Å². The predicted molar refractivity (Wildman–Crippen MR) is 71.5 cm³/mol. The molecule has 0 heterocycles. The maximum atomic E-state index is 11.8. The fraction of sp³-hybridized carbons (Fsp3) is 0.385. The van der Waals surface area contributed by atoms with E-state index in [0.717, 1.165) is 0 Å². The molecule has 6 heteroatoms. The molecule has 0 aromatic heterocycles. The normalized spacial score (nSPS) is 11.8. The quantitative estimate of drug-likeness (QED) is 0.771. The molecule has 0 aliphatic rings. The minimum Gasteiger partial charge on any atom is -0.478 e. The zero-order valence-electron chi connectivity index (χ0n) is 11.2. The Morgan fingerprint density at radius 2 is 2.05 bits per heavy atom. The van der Waals surface area contributed by atoms with Gasteiger partial charge in [-0.2, -0.15) is 0 Å². The Morgan fingerprint density at radius 1 is 1.42 bits per heavy atom. The number of nitrogens with zero attached hydrogens (tertiary/aromatic N) is 1. The Bertz CT molecular complexity index is 486. The second-order valence-electron chi connectivity index (χ2n) is 4.49. The Labute approximate surface area is 111 Å². The maximum Gasteiger partial charge on any atom is 0.335 e. The number of amides is 2. The maximum absolute atomic E-state index is 11.8. The minimum absolute atomic E-state index is 0.174. The van der Waals surface area contributed by atoms with Crippen LogP contribution in [0.4, 0.5) is 10.5 Å². The van der Waals surface area contributed by atoms with Crippen LogP contribution in [0.25, 0.3) is 0 Å². The van der Waals surface area contributed by atoms with Gasteiger partial charge < -0.3 is 20.4 Å². The molecule has 0 radical (unpaired) electrons. The van der Waals surface area contributed by atoms with Gasteiger partial charge in [-0.3, -0.25) is 0 Å². The lowest BCUT2D eigenvalue weighted by atomic mass is 10.1. The molecule has 1 aromatic rings. The second kappa shape index (κ2) is 6.19. The van der Waals surface area contributed by atoms with Crippen molar-refractivity contribution in [3.05, 3.63) is 29.3 Å². The van der Waals surface area contributed by atoms with Crippen molar-refractivity contribution in [1.29, 1.82) is 0 Å². The molecule has 0 aliphatic carbocycles. The number of aliphatic hydroxyl groups is 1. The summed E-state index contributed by atoms with van der Waals surface area (Å²) in [5.74, 6) is -1.01. The number of rotatable bonds is 4. The third-order valence-corrected chi connectivity index (χ3v) is 2.60. The number of carbonyl (C=O) groups is 2. The number of aryl methyl sites for hydroxylation is 1. The second-order valence-corrected chi connectivity index (χ2v) is 4.49. The number of carbonyl (C=O) groups excluding carboxylic acids is 1. The van der Waals surface area contributed by atoms with Gasteiger partial charge in [0.05, 0.1) is 11.7 Å². The predicted octanol–water partition coefficient (Wildman–Crippen LogP) is 1.54. The average Bonchev–Trinajstić information content (AvgIpc) is 2.30. The topological polar surface area (TPSA) is 89.9 Å². The van der Waals surface area contributed by atoms with Crippen molar-refractivity contribution >= 4 is 17.7 Å². The Hall–Kier alpha value is -2.08. The van der Waals surface area contributed by atoms with Gasteiger partial charge in [-0.15, -0.1) is 0 Å². The Morgan fingerprint density at radius 3 is 2.53 bits per heavy atom. The molecule has 0 spiro atoms. The monoisotopic (exact) mass is 266 g/mol. The molecule has 1 aromatic carbocycles. The molecule has 0 fully saturated rings. The van der Waals surface area contributed by atoms with Crippen molar-refractivity contribution in [2.45, 2.75) is 20.0 Å². The number of nitrogens with one attached hydrogen (secondary N) is 1. The molecule has 104 valence electrons. The first-order valence-corrected chi connectivity index (χ1v) is 5.85. The summed E-state index contributed by atoms with van der Waals surface area (Å²) in [5, 5.41) is 20.7. The highest BCUT2D eigenvalue weighted by Gasteiger charge is 2.13. The molecule has 0 aliphatic heterocycles. The lowest BCUT2D eigenvalue weighted by molar-refractivity contribution is 0.0697. The van der Waals surface area contributed by atoms with Crippen LogP contribution in [-0.2, 0) is 0 Å². The molecule has 1 rings (SSSR count). The van der Waals surface area contributed by atoms with E-state index in [1.165, 1.54) is 17.0 Å². The Kier molecular flexibility index (Phi) is 4.88. The van der Waals surface area contributed by atoms with Crippen LogP contribution in [0.3, 0.4) is 0 Å². The molecule has 3 N–H and O–H groups in total. The number of benzene rings is 1. The number of carboxylic acid groups (broad SMARTS) is 1. The van der Waals surface area contributed by atoms with Crippen molar-refractivity contribution in [2.75, 3.05) is 18.9 Å². The van der Waals surface area contributed by atoms with Gasteiger partial charge >= 0.3 is 12.0 Å². The van der Waals surface area contributed by atoms with Gasteiger partial charge in [0, 0.05) is 19.3 Å². The molecular weight excluding hydrogens is 248 g/mol. The largest absolute Gasteiger partial charge is 0.478 e. The summed E-state index contributed by atoms with van der Waals surface area (Å²) in [6.07, 6.45) is -0.605. The molecule has 0 bridgehead atoms. The molecule has 19 heavy (non-hydrogen) atoms. The van der Waals surface area contributed by atoms with E-state index in [0.29, 0.717) is 11.3 Å². The summed E-state index contributed by atoms with van der Waals surface area (Å²) < 4.78 is 0. The van der Waals surface area contributed by atoms with E-state index < -0.39 is 12.1 Å². The first kappa shape index (κ1) is 15.0. The molecule has 1 unspecified atom stereocenters. The van der Waals surface area contributed by atoms with Crippen LogP contribution in [0.1, 0.15) is 22.8 Å². The van der Waals surface area contributed by atoms with Gasteiger partial charge in [-0.25, -0.2) is 9.59 Å². The van der Waals surface area contributed by atoms with Crippen molar-refractivity contribution in [3.63, 3.8) is 0 Å². The minimum atomic E-state index is -1.01. The summed E-state index contributed by atoms with van der Waals surface area (Å²) in [5.41, 5.74) is 1.39. The standard InChI is InChI=1S/C13H18N2O4/c1-8-6-10(12(17)18)4-5-11(8)14-13(19)15(3)7-9(2)16/h4-6,9,16H,7H2,1-3H3,(H,14,19)(H,17,18). The Balaban J connectivity index is 2.77. The van der Waals surface area contributed by atoms with Crippen LogP contribution in [0.15, 0.2) is 18.2 Å². The van der Waals surface area contributed by atoms with Crippen molar-refractivity contribution in [1.82, 2.24) is 4.90 Å². The third kappa shape index (κ3) is 4.26.